The summed E-state index contributed by atoms with van der Waals surface area (Å²) in [6.07, 6.45) is -1.19. The molecule has 0 aliphatic rings. The van der Waals surface area contributed by atoms with Crippen LogP contribution in [0.2, 0.25) is 0 Å². The van der Waals surface area contributed by atoms with Crippen molar-refractivity contribution < 1.29 is 38.9 Å². The third-order valence-electron chi connectivity index (χ3n) is 5.41. The van der Waals surface area contributed by atoms with Crippen molar-refractivity contribution in [2.24, 2.45) is 0 Å². The minimum absolute atomic E-state index is 0.0140. The second-order valence-corrected chi connectivity index (χ2v) is 11.4. The first-order valence-electron chi connectivity index (χ1n) is 13.5. The standard InChI is InChI=1S/C28H46N4O8/c1-27(2,3)39-24(35)30-17-11-15-22(32(26(37)38)18-20-12-8-7-9-13-20)23(34)29-16-10-14-21(19-33)31-25(36)40-28(4,5)6/h7-9,12-13,21-22,33H,10-11,14-19H2,1-6H3,(H,29,34)(H,30,35)(H,31,36)(H,37,38)/t21-,22-/m0/s1. The molecule has 1 aromatic carbocycles. The number of hydrogen-bond acceptors (Lipinski definition) is 7. The van der Waals surface area contributed by atoms with E-state index in [1.54, 1.807) is 65.8 Å². The van der Waals surface area contributed by atoms with Gasteiger partial charge in [-0.1, -0.05) is 30.3 Å². The summed E-state index contributed by atoms with van der Waals surface area (Å²) >= 11 is 0. The number of hydrogen-bond donors (Lipinski definition) is 5. The van der Waals surface area contributed by atoms with Gasteiger partial charge in [0.2, 0.25) is 5.91 Å². The molecule has 0 aliphatic heterocycles. The van der Waals surface area contributed by atoms with Gasteiger partial charge in [-0.05, 0) is 72.8 Å². The highest BCUT2D eigenvalue weighted by atomic mass is 16.6. The average Bonchev–Trinajstić information content (AvgIpc) is 2.83. The molecular weight excluding hydrogens is 520 g/mol. The summed E-state index contributed by atoms with van der Waals surface area (Å²) < 4.78 is 10.4. The zero-order chi connectivity index (χ0) is 30.3. The van der Waals surface area contributed by atoms with Gasteiger partial charge in [0.1, 0.15) is 17.2 Å². The van der Waals surface area contributed by atoms with Crippen LogP contribution in [0.1, 0.15) is 72.8 Å². The van der Waals surface area contributed by atoms with Crippen LogP contribution in [0.3, 0.4) is 0 Å². The van der Waals surface area contributed by atoms with Crippen LogP contribution in [-0.4, -0.2) is 82.3 Å². The molecule has 0 spiro atoms. The van der Waals surface area contributed by atoms with E-state index in [-0.39, 0.29) is 32.7 Å². The fourth-order valence-corrected chi connectivity index (χ4v) is 3.68. The maximum atomic E-state index is 13.2. The molecule has 2 atom stereocenters. The van der Waals surface area contributed by atoms with Crippen LogP contribution in [0.15, 0.2) is 30.3 Å². The van der Waals surface area contributed by atoms with Gasteiger partial charge in [-0.25, -0.2) is 14.4 Å². The van der Waals surface area contributed by atoms with Crippen molar-refractivity contribution >= 4 is 24.2 Å². The summed E-state index contributed by atoms with van der Waals surface area (Å²) in [5, 5.41) is 27.5. The Morgan fingerprint density at radius 2 is 1.40 bits per heavy atom. The van der Waals surface area contributed by atoms with Crippen LogP contribution in [-0.2, 0) is 20.8 Å². The second kappa shape index (κ2) is 16.5. The SMILES string of the molecule is CC(C)(C)OC(=O)NCCC[C@@H](C(=O)NCCC[C@@H](CO)NC(=O)OC(C)(C)C)N(Cc1ccccc1)C(=O)O. The summed E-state index contributed by atoms with van der Waals surface area (Å²) in [7, 11) is 0. The van der Waals surface area contributed by atoms with Gasteiger partial charge in [0.25, 0.3) is 0 Å². The smallest absolute Gasteiger partial charge is 0.408 e. The molecule has 12 nitrogen and oxygen atoms in total. The molecule has 0 aromatic heterocycles. The van der Waals surface area contributed by atoms with Gasteiger partial charge in [0.05, 0.1) is 12.6 Å². The maximum Gasteiger partial charge on any atom is 0.408 e. The van der Waals surface area contributed by atoms with E-state index in [1.165, 1.54) is 0 Å². The lowest BCUT2D eigenvalue weighted by Gasteiger charge is -2.29. The lowest BCUT2D eigenvalue weighted by Crippen LogP contribution is -2.49. The monoisotopic (exact) mass is 566 g/mol. The number of nitrogens with zero attached hydrogens (tertiary/aromatic N) is 1. The van der Waals surface area contributed by atoms with Crippen molar-refractivity contribution in [2.45, 2.75) is 97.1 Å². The number of alkyl carbamates (subject to hydrolysis) is 2. The highest BCUT2D eigenvalue weighted by Crippen LogP contribution is 2.14. The highest BCUT2D eigenvalue weighted by Gasteiger charge is 2.30. The van der Waals surface area contributed by atoms with Gasteiger partial charge in [0, 0.05) is 19.6 Å². The Bertz CT molecular complexity index is 944. The zero-order valence-electron chi connectivity index (χ0n) is 24.5. The molecule has 0 saturated carbocycles. The number of carbonyl (C=O) groups excluding carboxylic acids is 3. The van der Waals surface area contributed by atoms with Gasteiger partial charge in [-0.15, -0.1) is 0 Å². The van der Waals surface area contributed by atoms with Gasteiger partial charge < -0.3 is 35.6 Å². The van der Waals surface area contributed by atoms with Gasteiger partial charge in [-0.2, -0.15) is 0 Å². The predicted octanol–water partition coefficient (Wildman–Crippen LogP) is 3.62. The fraction of sp³-hybridized carbons (Fsp3) is 0.643. The number of carbonyl (C=O) groups is 4. The van der Waals surface area contributed by atoms with Crippen molar-refractivity contribution in [1.29, 1.82) is 0 Å². The van der Waals surface area contributed by atoms with Crippen molar-refractivity contribution in [1.82, 2.24) is 20.9 Å². The topological polar surface area (TPSA) is 167 Å². The van der Waals surface area contributed by atoms with E-state index in [1.807, 2.05) is 6.07 Å². The van der Waals surface area contributed by atoms with E-state index in [0.717, 1.165) is 10.5 Å². The Morgan fingerprint density at radius 1 is 0.850 bits per heavy atom. The Morgan fingerprint density at radius 3 is 1.95 bits per heavy atom. The normalized spacial score (nSPS) is 13.0. The number of carboxylic acid groups (broad SMARTS) is 1. The lowest BCUT2D eigenvalue weighted by molar-refractivity contribution is -0.126. The van der Waals surface area contributed by atoms with E-state index >= 15 is 0 Å². The lowest BCUT2D eigenvalue weighted by atomic mass is 10.1. The van der Waals surface area contributed by atoms with Crippen molar-refractivity contribution in [3.63, 3.8) is 0 Å². The number of aliphatic hydroxyl groups excluding tert-OH is 1. The average molecular weight is 567 g/mol. The molecule has 0 heterocycles. The Kier molecular flexibility index (Phi) is 14.3. The fourth-order valence-electron chi connectivity index (χ4n) is 3.68. The van der Waals surface area contributed by atoms with Crippen LogP contribution in [0.5, 0.6) is 0 Å². The molecule has 0 saturated heterocycles. The molecule has 0 fully saturated rings. The van der Waals surface area contributed by atoms with E-state index in [0.29, 0.717) is 19.3 Å². The van der Waals surface area contributed by atoms with Crippen molar-refractivity contribution in [3.8, 4) is 0 Å². The summed E-state index contributed by atoms with van der Waals surface area (Å²) in [6, 6.07) is 7.39. The van der Waals surface area contributed by atoms with E-state index in [9.17, 15) is 29.4 Å². The van der Waals surface area contributed by atoms with E-state index < -0.39 is 47.5 Å². The summed E-state index contributed by atoms with van der Waals surface area (Å²) in [6.45, 7) is 10.6. The molecule has 1 rings (SSSR count). The first kappa shape index (κ1) is 34.5. The number of nitrogens with one attached hydrogen (secondary N) is 3. The minimum Gasteiger partial charge on any atom is -0.465 e. The van der Waals surface area contributed by atoms with Crippen molar-refractivity contribution in [2.75, 3.05) is 19.7 Å². The van der Waals surface area contributed by atoms with Crippen LogP contribution >= 0.6 is 0 Å². The molecular formula is C28H46N4O8. The molecule has 12 heteroatoms. The van der Waals surface area contributed by atoms with Gasteiger partial charge in [0.15, 0.2) is 0 Å². The first-order chi connectivity index (χ1) is 18.6. The molecule has 0 unspecified atom stereocenters. The second-order valence-electron chi connectivity index (χ2n) is 11.4. The Labute approximate surface area is 236 Å². The Hall–Kier alpha value is -3.54. The largest absolute Gasteiger partial charge is 0.465 e. The molecule has 5 N–H and O–H groups in total. The van der Waals surface area contributed by atoms with E-state index in [4.69, 9.17) is 9.47 Å². The van der Waals surface area contributed by atoms with Gasteiger partial charge in [-0.3, -0.25) is 9.69 Å². The van der Waals surface area contributed by atoms with E-state index in [2.05, 4.69) is 16.0 Å². The quantitative estimate of drug-likeness (QED) is 0.213. The third-order valence-corrected chi connectivity index (χ3v) is 5.41. The summed E-state index contributed by atoms with van der Waals surface area (Å²) in [5.74, 6) is -0.476. The van der Waals surface area contributed by atoms with Gasteiger partial charge >= 0.3 is 18.3 Å². The minimum atomic E-state index is -1.24. The molecule has 4 amide bonds. The third kappa shape index (κ3) is 15.2. The molecule has 0 radical (unpaired) electrons. The molecule has 40 heavy (non-hydrogen) atoms. The summed E-state index contributed by atoms with van der Waals surface area (Å²) in [5.41, 5.74) is -0.598. The first-order valence-corrected chi connectivity index (χ1v) is 13.5. The maximum absolute atomic E-state index is 13.2. The molecule has 0 aliphatic carbocycles. The number of benzene rings is 1. The zero-order valence-corrected chi connectivity index (χ0v) is 24.5. The van der Waals surface area contributed by atoms with Crippen LogP contribution in [0.25, 0.3) is 0 Å². The van der Waals surface area contributed by atoms with Crippen LogP contribution < -0.4 is 16.0 Å². The highest BCUT2D eigenvalue weighted by molar-refractivity contribution is 5.85. The van der Waals surface area contributed by atoms with Crippen molar-refractivity contribution in [3.05, 3.63) is 35.9 Å². The number of ether oxygens (including phenoxy) is 2. The summed E-state index contributed by atoms with van der Waals surface area (Å²) in [4.78, 5) is 50.4. The Balaban J connectivity index is 2.78. The molecule has 1 aromatic rings. The molecule has 0 bridgehead atoms. The van der Waals surface area contributed by atoms with Crippen LogP contribution in [0, 0.1) is 0 Å². The van der Waals surface area contributed by atoms with Crippen LogP contribution in [0.4, 0.5) is 14.4 Å². The number of rotatable bonds is 14. The molecule has 226 valence electrons. The number of aliphatic hydroxyl groups is 1. The predicted molar refractivity (Wildman–Crippen MR) is 150 cm³/mol. The number of amides is 4.